The van der Waals surface area contributed by atoms with Crippen LogP contribution in [0.15, 0.2) is 41.3 Å². The molecule has 0 aliphatic carbocycles. The number of methoxy groups -OCH3 is 3. The van der Waals surface area contributed by atoms with E-state index in [1.165, 1.54) is 38.5 Å². The third-order valence-corrected chi connectivity index (χ3v) is 4.70. The van der Waals surface area contributed by atoms with Crippen LogP contribution < -0.4 is 14.2 Å². The topological polar surface area (TPSA) is 90.9 Å². The van der Waals surface area contributed by atoms with Crippen LogP contribution in [0.4, 0.5) is 10.1 Å². The fraction of sp³-hybridized carbons (Fsp3) is 0.188. The van der Waals surface area contributed by atoms with E-state index in [2.05, 4.69) is 9.46 Å². The molecule has 134 valence electrons. The fourth-order valence-electron chi connectivity index (χ4n) is 2.10. The van der Waals surface area contributed by atoms with E-state index in [0.717, 1.165) is 19.2 Å². The van der Waals surface area contributed by atoms with Gasteiger partial charge in [-0.1, -0.05) is 12.1 Å². The molecule has 2 aromatic rings. The largest absolute Gasteiger partial charge is 0.493 e. The number of hydrogen-bond acceptors (Lipinski definition) is 6. The van der Waals surface area contributed by atoms with Crippen molar-refractivity contribution in [3.63, 3.8) is 0 Å². The van der Waals surface area contributed by atoms with Crippen molar-refractivity contribution >= 4 is 21.7 Å². The van der Waals surface area contributed by atoms with Crippen molar-refractivity contribution in [3.8, 4) is 11.5 Å². The number of sulfonamides is 1. The van der Waals surface area contributed by atoms with Crippen LogP contribution in [0.5, 0.6) is 11.5 Å². The van der Waals surface area contributed by atoms with Crippen molar-refractivity contribution in [1.82, 2.24) is 0 Å². The second kappa shape index (κ2) is 7.39. The summed E-state index contributed by atoms with van der Waals surface area (Å²) in [6.45, 7) is 0. The second-order valence-electron chi connectivity index (χ2n) is 4.78. The summed E-state index contributed by atoms with van der Waals surface area (Å²) in [6, 6.07) is 7.39. The van der Waals surface area contributed by atoms with Crippen molar-refractivity contribution in [2.24, 2.45) is 0 Å². The Morgan fingerprint density at radius 3 is 2.20 bits per heavy atom. The molecule has 2 rings (SSSR count). The number of hydrogen-bond donors (Lipinski definition) is 1. The summed E-state index contributed by atoms with van der Waals surface area (Å²) in [5.41, 5.74) is -0.243. The van der Waals surface area contributed by atoms with Gasteiger partial charge in [-0.15, -0.1) is 0 Å². The van der Waals surface area contributed by atoms with Gasteiger partial charge in [0.2, 0.25) is 0 Å². The van der Waals surface area contributed by atoms with Crippen molar-refractivity contribution < 1.29 is 31.8 Å². The number of ether oxygens (including phenoxy) is 3. The molecule has 0 bridgehead atoms. The molecule has 0 radical (unpaired) electrons. The van der Waals surface area contributed by atoms with E-state index in [1.807, 2.05) is 0 Å². The Balaban J connectivity index is 2.58. The van der Waals surface area contributed by atoms with Gasteiger partial charge in [-0.3, -0.25) is 4.72 Å². The summed E-state index contributed by atoms with van der Waals surface area (Å²) < 4.78 is 55.8. The Labute approximate surface area is 144 Å². The van der Waals surface area contributed by atoms with E-state index in [4.69, 9.17) is 9.47 Å². The van der Waals surface area contributed by atoms with Gasteiger partial charge in [-0.25, -0.2) is 17.6 Å². The first-order chi connectivity index (χ1) is 11.8. The smallest absolute Gasteiger partial charge is 0.340 e. The highest BCUT2D eigenvalue weighted by atomic mass is 32.2. The van der Waals surface area contributed by atoms with Crippen LogP contribution in [0.25, 0.3) is 0 Å². The predicted octanol–water partition coefficient (Wildman–Crippen LogP) is 2.43. The lowest BCUT2D eigenvalue weighted by atomic mass is 10.1. The third kappa shape index (κ3) is 3.82. The quantitative estimate of drug-likeness (QED) is 0.787. The molecular weight excluding hydrogens is 353 g/mol. The number of nitrogens with one attached hydrogen (secondary N) is 1. The molecule has 0 aliphatic heterocycles. The number of esters is 1. The van der Waals surface area contributed by atoms with E-state index in [1.54, 1.807) is 0 Å². The number of rotatable bonds is 6. The zero-order chi connectivity index (χ0) is 18.6. The van der Waals surface area contributed by atoms with Crippen LogP contribution in [0.1, 0.15) is 10.4 Å². The number of benzene rings is 2. The highest BCUT2D eigenvalue weighted by Gasteiger charge is 2.24. The Hall–Kier alpha value is -2.81. The van der Waals surface area contributed by atoms with Crippen LogP contribution in [-0.4, -0.2) is 35.7 Å². The molecule has 0 saturated heterocycles. The minimum Gasteiger partial charge on any atom is -0.493 e. The monoisotopic (exact) mass is 369 g/mol. The van der Waals surface area contributed by atoms with Crippen LogP contribution in [-0.2, 0) is 14.8 Å². The SMILES string of the molecule is COC(=O)c1cc(OC)c(OC)cc1NS(=O)(=O)c1ccccc1F. The summed E-state index contributed by atoms with van der Waals surface area (Å²) >= 11 is 0. The number of halogens is 1. The molecule has 0 aromatic heterocycles. The molecular formula is C16H16FNO6S. The van der Waals surface area contributed by atoms with E-state index in [0.29, 0.717) is 0 Å². The molecule has 7 nitrogen and oxygen atoms in total. The molecule has 0 fully saturated rings. The van der Waals surface area contributed by atoms with E-state index < -0.39 is 26.7 Å². The molecule has 0 amide bonds. The van der Waals surface area contributed by atoms with Crippen molar-refractivity contribution in [2.75, 3.05) is 26.1 Å². The first-order valence-electron chi connectivity index (χ1n) is 6.95. The minimum atomic E-state index is -4.28. The number of carbonyl (C=O) groups is 1. The second-order valence-corrected chi connectivity index (χ2v) is 6.43. The zero-order valence-corrected chi connectivity index (χ0v) is 14.5. The van der Waals surface area contributed by atoms with Gasteiger partial charge in [0.05, 0.1) is 32.6 Å². The summed E-state index contributed by atoms with van der Waals surface area (Å²) in [4.78, 5) is 11.4. The van der Waals surface area contributed by atoms with Gasteiger partial charge in [0, 0.05) is 12.1 Å². The lowest BCUT2D eigenvalue weighted by Gasteiger charge is -2.15. The Bertz CT molecular complexity index is 897. The Morgan fingerprint density at radius 2 is 1.64 bits per heavy atom. The molecule has 0 unspecified atom stereocenters. The van der Waals surface area contributed by atoms with Crippen molar-refractivity contribution in [3.05, 3.63) is 47.8 Å². The standard InChI is InChI=1S/C16H16FNO6S/c1-22-13-8-10(16(19)24-3)12(9-14(13)23-2)18-25(20,21)15-7-5-4-6-11(15)17/h4-9,18H,1-3H3. The van der Waals surface area contributed by atoms with E-state index in [-0.39, 0.29) is 22.7 Å². The minimum absolute atomic E-state index is 0.111. The molecule has 0 atom stereocenters. The lowest BCUT2D eigenvalue weighted by Crippen LogP contribution is -2.17. The zero-order valence-electron chi connectivity index (χ0n) is 13.7. The normalized spacial score (nSPS) is 10.9. The highest BCUT2D eigenvalue weighted by molar-refractivity contribution is 7.92. The van der Waals surface area contributed by atoms with Gasteiger partial charge in [-0.2, -0.15) is 0 Å². The molecule has 0 saturated carbocycles. The molecule has 2 aromatic carbocycles. The first-order valence-corrected chi connectivity index (χ1v) is 8.44. The summed E-state index contributed by atoms with van der Waals surface area (Å²) in [7, 11) is -0.420. The molecule has 1 N–H and O–H groups in total. The number of anilines is 1. The van der Waals surface area contributed by atoms with Crippen molar-refractivity contribution in [1.29, 1.82) is 0 Å². The number of carbonyl (C=O) groups excluding carboxylic acids is 1. The summed E-state index contributed by atoms with van der Waals surface area (Å²) in [6.07, 6.45) is 0. The molecule has 0 aliphatic rings. The predicted molar refractivity (Wildman–Crippen MR) is 88.1 cm³/mol. The highest BCUT2D eigenvalue weighted by Crippen LogP contribution is 2.34. The molecule has 0 heterocycles. The van der Waals surface area contributed by atoms with Gasteiger partial charge < -0.3 is 14.2 Å². The van der Waals surface area contributed by atoms with Gasteiger partial charge in [0.1, 0.15) is 10.7 Å². The van der Waals surface area contributed by atoms with Gasteiger partial charge in [0.25, 0.3) is 10.0 Å². The van der Waals surface area contributed by atoms with Gasteiger partial charge in [0.15, 0.2) is 11.5 Å². The van der Waals surface area contributed by atoms with Crippen LogP contribution in [0.2, 0.25) is 0 Å². The van der Waals surface area contributed by atoms with Crippen LogP contribution in [0, 0.1) is 5.82 Å². The maximum absolute atomic E-state index is 13.8. The van der Waals surface area contributed by atoms with Crippen LogP contribution >= 0.6 is 0 Å². The summed E-state index contributed by atoms with van der Waals surface area (Å²) in [5.74, 6) is -1.33. The van der Waals surface area contributed by atoms with Crippen molar-refractivity contribution in [2.45, 2.75) is 4.90 Å². The molecule has 9 heteroatoms. The van der Waals surface area contributed by atoms with E-state index >= 15 is 0 Å². The maximum atomic E-state index is 13.8. The average molecular weight is 369 g/mol. The first kappa shape index (κ1) is 18.5. The average Bonchev–Trinajstić information content (AvgIpc) is 2.60. The Morgan fingerprint density at radius 1 is 1.04 bits per heavy atom. The lowest BCUT2D eigenvalue weighted by molar-refractivity contribution is 0.0601. The molecule has 0 spiro atoms. The van der Waals surface area contributed by atoms with Crippen LogP contribution in [0.3, 0.4) is 0 Å². The maximum Gasteiger partial charge on any atom is 0.340 e. The fourth-order valence-corrected chi connectivity index (χ4v) is 3.26. The Kier molecular flexibility index (Phi) is 5.48. The third-order valence-electron chi connectivity index (χ3n) is 3.30. The van der Waals surface area contributed by atoms with E-state index in [9.17, 15) is 17.6 Å². The van der Waals surface area contributed by atoms with Gasteiger partial charge >= 0.3 is 5.97 Å². The van der Waals surface area contributed by atoms with Gasteiger partial charge in [-0.05, 0) is 12.1 Å². The molecule has 25 heavy (non-hydrogen) atoms. The summed E-state index contributed by atoms with van der Waals surface area (Å²) in [5, 5.41) is 0.